The maximum Gasteiger partial charge on any atom is 0 e. The summed E-state index contributed by atoms with van der Waals surface area (Å²) in [5.74, 6) is 0. The van der Waals surface area contributed by atoms with Gasteiger partial charge in [-0.05, 0) is 11.1 Å². The highest BCUT2D eigenvalue weighted by Crippen LogP contribution is 2.17. The summed E-state index contributed by atoms with van der Waals surface area (Å²) >= 11 is 0. The summed E-state index contributed by atoms with van der Waals surface area (Å²) in [6.07, 6.45) is 0. The zero-order valence-corrected chi connectivity index (χ0v) is 11.1. The molecule has 0 aliphatic heterocycles. The van der Waals surface area contributed by atoms with E-state index in [0.717, 1.165) is 0 Å². The zero-order valence-electron chi connectivity index (χ0n) is 11.1. The predicted octanol–water partition coefficient (Wildman–Crippen LogP) is 5.11. The molecule has 3 aromatic carbocycles. The third-order valence-electron chi connectivity index (χ3n) is 2.55. The molecular weight excluding hydrogens is 248 g/mol. The molecule has 0 bridgehead atoms. The van der Waals surface area contributed by atoms with Crippen molar-refractivity contribution < 1.29 is 0 Å². The van der Waals surface area contributed by atoms with Gasteiger partial charge in [-0.25, -0.2) is 0 Å². The van der Waals surface area contributed by atoms with Crippen molar-refractivity contribution in [3.05, 3.63) is 107 Å². The average molecular weight is 264 g/mol. The molecule has 0 unspecified atom stereocenters. The molecule has 0 radical (unpaired) electrons. The van der Waals surface area contributed by atoms with Crippen LogP contribution >= 0.6 is 0 Å². The van der Waals surface area contributed by atoms with Gasteiger partial charge < -0.3 is 0 Å². The van der Waals surface area contributed by atoms with E-state index in [2.05, 4.69) is 48.5 Å². The van der Waals surface area contributed by atoms with Crippen molar-refractivity contribution in [2.45, 2.75) is 0 Å². The molecule has 20 heavy (non-hydrogen) atoms. The highest BCUT2D eigenvalue weighted by Gasteiger charge is 1.91. The Labute approximate surface area is 118 Å². The van der Waals surface area contributed by atoms with Crippen molar-refractivity contribution in [1.82, 2.24) is 0 Å². The summed E-state index contributed by atoms with van der Waals surface area (Å²) in [6.45, 7) is 0. The van der Waals surface area contributed by atoms with Gasteiger partial charge in [-0.3, -0.25) is 0 Å². The van der Waals surface area contributed by atoms with Crippen molar-refractivity contribution in [3.8, 4) is 11.1 Å². The lowest BCUT2D eigenvalue weighted by atomic mass is 10.1. The molecule has 3 rings (SSSR count). The van der Waals surface area contributed by atoms with Crippen molar-refractivity contribution in [2.24, 2.45) is 0 Å². The fourth-order valence-corrected chi connectivity index (χ4v) is 1.65. The van der Waals surface area contributed by atoms with Gasteiger partial charge in [0.25, 0.3) is 0 Å². The normalized spacial score (nSPS) is 8.40. The molecule has 0 N–H and O–H groups in total. The molecule has 0 saturated carbocycles. The lowest BCUT2D eigenvalue weighted by Gasteiger charge is -1.98. The Morgan fingerprint density at radius 1 is 0.350 bits per heavy atom. The smallest absolute Gasteiger partial charge is 0 e. The fourth-order valence-electron chi connectivity index (χ4n) is 1.65. The van der Waals surface area contributed by atoms with Crippen LogP contribution in [0.5, 0.6) is 0 Å². The van der Waals surface area contributed by atoms with Crippen LogP contribution in [0.2, 0.25) is 0 Å². The quantitative estimate of drug-likeness (QED) is 0.612. The number of benzene rings is 3. The van der Waals surface area contributed by atoms with E-state index in [1.165, 1.54) is 11.1 Å². The molecule has 0 aliphatic carbocycles. The van der Waals surface area contributed by atoms with E-state index < -0.39 is 0 Å². The Hall–Kier alpha value is -2.74. The number of hydrogen-bond acceptors (Lipinski definition) is 2. The van der Waals surface area contributed by atoms with Crippen LogP contribution in [0, 0.1) is 9.93 Å². The summed E-state index contributed by atoms with van der Waals surface area (Å²) < 4.78 is 0. The topological polar surface area (TPSA) is 34.1 Å². The van der Waals surface area contributed by atoms with Crippen LogP contribution in [0.15, 0.2) is 97.1 Å². The maximum absolute atomic E-state index is 7.00. The molecule has 0 amide bonds. The van der Waals surface area contributed by atoms with Crippen molar-refractivity contribution in [2.75, 3.05) is 0 Å². The molecule has 0 saturated heterocycles. The molecule has 0 aromatic heterocycles. The monoisotopic (exact) mass is 264 g/mol. The van der Waals surface area contributed by atoms with E-state index in [0.29, 0.717) is 0 Å². The predicted molar refractivity (Wildman–Crippen MR) is 85.1 cm³/mol. The first kappa shape index (κ1) is 15.3. The molecule has 0 fully saturated rings. The standard InChI is InChI=1S/C12H10.C6H6.O2/c1-3-7-11(8-4-1)12-9-5-2-6-10-12;1-2-4-6-5-3-1;1-2/h1-10H;1-6H;. The van der Waals surface area contributed by atoms with Gasteiger partial charge in [0.05, 0.1) is 0 Å². The van der Waals surface area contributed by atoms with E-state index in [9.17, 15) is 0 Å². The maximum atomic E-state index is 7.00. The molecule has 100 valence electrons. The van der Waals surface area contributed by atoms with Gasteiger partial charge in [-0.15, -0.1) is 0 Å². The minimum atomic E-state index is 1.28. The molecule has 2 nitrogen and oxygen atoms in total. The molecule has 0 aliphatic rings. The Morgan fingerprint density at radius 2 is 0.550 bits per heavy atom. The summed E-state index contributed by atoms with van der Waals surface area (Å²) in [6, 6.07) is 32.8. The number of rotatable bonds is 1. The van der Waals surface area contributed by atoms with Crippen molar-refractivity contribution in [1.29, 1.82) is 0 Å². The van der Waals surface area contributed by atoms with Crippen LogP contribution in [0.25, 0.3) is 11.1 Å². The van der Waals surface area contributed by atoms with Gasteiger partial charge in [0, 0.05) is 9.93 Å². The average Bonchev–Trinajstić information content (AvgIpc) is 2.60. The second-order valence-corrected chi connectivity index (χ2v) is 3.89. The van der Waals surface area contributed by atoms with Crippen LogP contribution in [-0.4, -0.2) is 0 Å². The van der Waals surface area contributed by atoms with Crippen LogP contribution in [0.1, 0.15) is 0 Å². The first-order valence-electron chi connectivity index (χ1n) is 6.24. The zero-order chi connectivity index (χ0) is 14.5. The highest BCUT2D eigenvalue weighted by molar-refractivity contribution is 5.62. The van der Waals surface area contributed by atoms with Gasteiger partial charge in [-0.2, -0.15) is 0 Å². The van der Waals surface area contributed by atoms with E-state index in [4.69, 9.17) is 9.93 Å². The largest absolute Gasteiger partial charge is 0.0623 e. The lowest BCUT2D eigenvalue weighted by molar-refractivity contribution is 1.62. The first-order valence-corrected chi connectivity index (χ1v) is 6.24. The van der Waals surface area contributed by atoms with Crippen LogP contribution in [0.3, 0.4) is 0 Å². The molecule has 0 heterocycles. The Balaban J connectivity index is 0.000000211. The van der Waals surface area contributed by atoms with Gasteiger partial charge in [0.2, 0.25) is 0 Å². The van der Waals surface area contributed by atoms with Crippen molar-refractivity contribution in [3.63, 3.8) is 0 Å². The fraction of sp³-hybridized carbons (Fsp3) is 0. The van der Waals surface area contributed by atoms with E-state index >= 15 is 0 Å². The third kappa shape index (κ3) is 5.74. The summed E-state index contributed by atoms with van der Waals surface area (Å²) in [7, 11) is 0. The van der Waals surface area contributed by atoms with Gasteiger partial charge in [0.1, 0.15) is 0 Å². The Morgan fingerprint density at radius 3 is 0.800 bits per heavy atom. The Kier molecular flexibility index (Phi) is 7.82. The second kappa shape index (κ2) is 10.2. The van der Waals surface area contributed by atoms with Gasteiger partial charge in [0.15, 0.2) is 0 Å². The second-order valence-electron chi connectivity index (χ2n) is 3.89. The van der Waals surface area contributed by atoms with Crippen LogP contribution in [-0.2, 0) is 0 Å². The molecule has 2 heteroatoms. The lowest BCUT2D eigenvalue weighted by Crippen LogP contribution is -1.73. The van der Waals surface area contributed by atoms with Crippen LogP contribution < -0.4 is 0 Å². The minimum Gasteiger partial charge on any atom is -0.0623 e. The van der Waals surface area contributed by atoms with Gasteiger partial charge >= 0.3 is 0 Å². The van der Waals surface area contributed by atoms with Crippen LogP contribution in [0.4, 0.5) is 0 Å². The SMILES string of the molecule is O=O.c1ccc(-c2ccccc2)cc1.c1ccccc1. The number of hydrogen-bond donors (Lipinski definition) is 0. The highest BCUT2D eigenvalue weighted by atomic mass is 16.7. The van der Waals surface area contributed by atoms with Crippen molar-refractivity contribution >= 4 is 0 Å². The summed E-state index contributed by atoms with van der Waals surface area (Å²) in [4.78, 5) is 14.0. The summed E-state index contributed by atoms with van der Waals surface area (Å²) in [5.41, 5.74) is 2.55. The van der Waals surface area contributed by atoms with E-state index in [1.807, 2.05) is 48.5 Å². The Bertz CT molecular complexity index is 486. The molecular formula is C18H16O2. The first-order chi connectivity index (χ1) is 9.97. The molecule has 0 atom stereocenters. The van der Waals surface area contributed by atoms with Gasteiger partial charge in [-0.1, -0.05) is 97.1 Å². The third-order valence-corrected chi connectivity index (χ3v) is 2.55. The molecule has 3 aromatic rings. The minimum absolute atomic E-state index is 1.28. The van der Waals surface area contributed by atoms with E-state index in [-0.39, 0.29) is 0 Å². The summed E-state index contributed by atoms with van der Waals surface area (Å²) in [5, 5.41) is 0. The molecule has 0 spiro atoms. The van der Waals surface area contributed by atoms with E-state index in [1.54, 1.807) is 0 Å².